The fourth-order valence-corrected chi connectivity index (χ4v) is 3.03. The second-order valence-electron chi connectivity index (χ2n) is 6.25. The van der Waals surface area contributed by atoms with Crippen LogP contribution in [0.2, 0.25) is 0 Å². The number of carbonyl (C=O) groups excluding carboxylic acids is 1. The van der Waals surface area contributed by atoms with E-state index < -0.39 is 12.1 Å². The average Bonchev–Trinajstić information content (AvgIpc) is 3.12. The van der Waals surface area contributed by atoms with Crippen molar-refractivity contribution in [3.8, 4) is 0 Å². The molecule has 2 heterocycles. The molecule has 0 aromatic carbocycles. The molecule has 23 heavy (non-hydrogen) atoms. The lowest BCUT2D eigenvalue weighted by Gasteiger charge is -2.28. The van der Waals surface area contributed by atoms with E-state index in [1.807, 2.05) is 4.90 Å². The molecule has 1 aromatic heterocycles. The maximum absolute atomic E-state index is 12.8. The molecule has 2 N–H and O–H groups in total. The molecule has 5 heteroatoms. The Balaban J connectivity index is 1.99. The number of pyridine rings is 1. The van der Waals surface area contributed by atoms with Crippen molar-refractivity contribution in [2.24, 2.45) is 0 Å². The quantitative estimate of drug-likeness (QED) is 0.685. The van der Waals surface area contributed by atoms with Crippen molar-refractivity contribution in [3.63, 3.8) is 0 Å². The van der Waals surface area contributed by atoms with Gasteiger partial charge < -0.3 is 15.3 Å². The molecule has 1 aromatic rings. The molecule has 128 valence electrons. The first kappa shape index (κ1) is 17.9. The van der Waals surface area contributed by atoms with Crippen LogP contribution < -0.4 is 5.32 Å². The Kier molecular flexibility index (Phi) is 7.49. The number of aliphatic hydroxyl groups excluding tert-OH is 1. The van der Waals surface area contributed by atoms with E-state index in [4.69, 9.17) is 0 Å². The van der Waals surface area contributed by atoms with Crippen LogP contribution in [0.4, 0.5) is 0 Å². The van der Waals surface area contributed by atoms with Crippen LogP contribution in [-0.4, -0.2) is 46.6 Å². The normalized spacial score (nSPS) is 17.2. The van der Waals surface area contributed by atoms with Gasteiger partial charge in [-0.1, -0.05) is 26.2 Å². The lowest BCUT2D eigenvalue weighted by atomic mass is 10.0. The summed E-state index contributed by atoms with van der Waals surface area (Å²) in [4.78, 5) is 18.6. The minimum absolute atomic E-state index is 0.0160. The lowest BCUT2D eigenvalue weighted by molar-refractivity contribution is -0.135. The van der Waals surface area contributed by atoms with Crippen LogP contribution in [0.5, 0.6) is 0 Å². The Hall–Kier alpha value is -1.46. The Morgan fingerprint density at radius 2 is 1.96 bits per heavy atom. The van der Waals surface area contributed by atoms with Crippen LogP contribution in [-0.2, 0) is 4.79 Å². The summed E-state index contributed by atoms with van der Waals surface area (Å²) in [5.74, 6) is 0.0160. The van der Waals surface area contributed by atoms with Crippen LogP contribution >= 0.6 is 0 Å². The molecular weight excluding hydrogens is 290 g/mol. The number of hydrogen-bond acceptors (Lipinski definition) is 4. The second-order valence-corrected chi connectivity index (χ2v) is 6.25. The molecular formula is C18H29N3O2. The van der Waals surface area contributed by atoms with Crippen molar-refractivity contribution in [2.45, 2.75) is 57.6 Å². The SMILES string of the molecule is CCCCCCN[C@@H](C(=O)N1CCCC1)[C@@H](O)c1ccncc1. The van der Waals surface area contributed by atoms with Crippen LogP contribution in [0.15, 0.2) is 24.5 Å². The zero-order chi connectivity index (χ0) is 16.5. The average molecular weight is 319 g/mol. The van der Waals surface area contributed by atoms with E-state index in [9.17, 15) is 9.90 Å². The summed E-state index contributed by atoms with van der Waals surface area (Å²) < 4.78 is 0. The maximum atomic E-state index is 12.8. The highest BCUT2D eigenvalue weighted by Gasteiger charge is 2.32. The van der Waals surface area contributed by atoms with Crippen LogP contribution in [0.25, 0.3) is 0 Å². The van der Waals surface area contributed by atoms with E-state index in [-0.39, 0.29) is 5.91 Å². The number of hydrogen-bond donors (Lipinski definition) is 2. The Morgan fingerprint density at radius 1 is 1.26 bits per heavy atom. The number of amides is 1. The molecule has 0 spiro atoms. The molecule has 0 bridgehead atoms. The van der Waals surface area contributed by atoms with Gasteiger partial charge in [-0.15, -0.1) is 0 Å². The van der Waals surface area contributed by atoms with Gasteiger partial charge in [0, 0.05) is 25.5 Å². The van der Waals surface area contributed by atoms with E-state index in [1.165, 1.54) is 12.8 Å². The van der Waals surface area contributed by atoms with E-state index in [0.29, 0.717) is 0 Å². The Morgan fingerprint density at radius 3 is 2.61 bits per heavy atom. The first-order chi connectivity index (χ1) is 11.2. The number of nitrogens with one attached hydrogen (secondary N) is 1. The van der Waals surface area contributed by atoms with E-state index in [2.05, 4.69) is 17.2 Å². The van der Waals surface area contributed by atoms with Gasteiger partial charge in [-0.3, -0.25) is 9.78 Å². The summed E-state index contributed by atoms with van der Waals surface area (Å²) in [5, 5.41) is 14.0. The molecule has 0 radical (unpaired) electrons. The zero-order valence-electron chi connectivity index (χ0n) is 14.1. The topological polar surface area (TPSA) is 65.5 Å². The monoisotopic (exact) mass is 319 g/mol. The van der Waals surface area contributed by atoms with Crippen molar-refractivity contribution in [3.05, 3.63) is 30.1 Å². The van der Waals surface area contributed by atoms with Crippen molar-refractivity contribution >= 4 is 5.91 Å². The lowest BCUT2D eigenvalue weighted by Crippen LogP contribution is -2.49. The van der Waals surface area contributed by atoms with Gasteiger partial charge >= 0.3 is 0 Å². The summed E-state index contributed by atoms with van der Waals surface area (Å²) in [6, 6.07) is 2.97. The molecule has 1 saturated heterocycles. The molecule has 1 aliphatic heterocycles. The van der Waals surface area contributed by atoms with Crippen molar-refractivity contribution in [1.29, 1.82) is 0 Å². The number of likely N-dealkylation sites (tertiary alicyclic amines) is 1. The van der Waals surface area contributed by atoms with E-state index in [0.717, 1.165) is 50.9 Å². The predicted molar refractivity (Wildman–Crippen MR) is 90.9 cm³/mol. The van der Waals surface area contributed by atoms with Gasteiger partial charge in [-0.2, -0.15) is 0 Å². The van der Waals surface area contributed by atoms with E-state index in [1.54, 1.807) is 24.5 Å². The molecule has 2 atom stereocenters. The van der Waals surface area contributed by atoms with Gasteiger partial charge in [0.15, 0.2) is 0 Å². The summed E-state index contributed by atoms with van der Waals surface area (Å²) in [6.45, 7) is 4.54. The number of aliphatic hydroxyl groups is 1. The first-order valence-corrected chi connectivity index (χ1v) is 8.84. The number of rotatable bonds is 9. The van der Waals surface area contributed by atoms with E-state index >= 15 is 0 Å². The molecule has 1 aliphatic rings. The van der Waals surface area contributed by atoms with Gasteiger partial charge in [0.2, 0.25) is 5.91 Å². The third-order valence-corrected chi connectivity index (χ3v) is 4.44. The zero-order valence-corrected chi connectivity index (χ0v) is 14.1. The third kappa shape index (κ3) is 5.29. The number of aromatic nitrogens is 1. The second kappa shape index (κ2) is 9.63. The molecule has 5 nitrogen and oxygen atoms in total. The third-order valence-electron chi connectivity index (χ3n) is 4.44. The minimum atomic E-state index is -0.836. The van der Waals surface area contributed by atoms with Crippen LogP contribution in [0.1, 0.15) is 57.1 Å². The number of unbranched alkanes of at least 4 members (excludes halogenated alkanes) is 3. The standard InChI is InChI=1S/C18H29N3O2/c1-2-3-4-5-10-20-16(18(23)21-13-6-7-14-21)17(22)15-8-11-19-12-9-15/h8-9,11-12,16-17,20,22H,2-7,10,13-14H2,1H3/t16-,17+/m1/s1. The smallest absolute Gasteiger partial charge is 0.242 e. The highest BCUT2D eigenvalue weighted by Crippen LogP contribution is 2.20. The van der Waals surface area contributed by atoms with Crippen LogP contribution in [0.3, 0.4) is 0 Å². The summed E-state index contributed by atoms with van der Waals surface area (Å²) in [7, 11) is 0. The molecule has 0 aliphatic carbocycles. The largest absolute Gasteiger partial charge is 0.386 e. The minimum Gasteiger partial charge on any atom is -0.386 e. The molecule has 0 saturated carbocycles. The molecule has 1 amide bonds. The van der Waals surface area contributed by atoms with Gasteiger partial charge in [-0.05, 0) is 43.5 Å². The molecule has 0 unspecified atom stereocenters. The molecule has 2 rings (SSSR count). The fraction of sp³-hybridized carbons (Fsp3) is 0.667. The van der Waals surface area contributed by atoms with Crippen molar-refractivity contribution in [1.82, 2.24) is 15.2 Å². The fourth-order valence-electron chi connectivity index (χ4n) is 3.03. The number of carbonyl (C=O) groups is 1. The summed E-state index contributed by atoms with van der Waals surface area (Å²) >= 11 is 0. The highest BCUT2D eigenvalue weighted by atomic mass is 16.3. The summed E-state index contributed by atoms with van der Waals surface area (Å²) in [5.41, 5.74) is 0.735. The Bertz CT molecular complexity index is 461. The van der Waals surface area contributed by atoms with Gasteiger partial charge in [0.1, 0.15) is 12.1 Å². The van der Waals surface area contributed by atoms with Crippen molar-refractivity contribution in [2.75, 3.05) is 19.6 Å². The van der Waals surface area contributed by atoms with Crippen LogP contribution in [0, 0.1) is 0 Å². The van der Waals surface area contributed by atoms with Gasteiger partial charge in [0.25, 0.3) is 0 Å². The van der Waals surface area contributed by atoms with Gasteiger partial charge in [0.05, 0.1) is 0 Å². The van der Waals surface area contributed by atoms with Crippen molar-refractivity contribution < 1.29 is 9.90 Å². The Labute approximate surface area is 139 Å². The molecule has 1 fully saturated rings. The maximum Gasteiger partial charge on any atom is 0.242 e. The first-order valence-electron chi connectivity index (χ1n) is 8.84. The highest BCUT2D eigenvalue weighted by molar-refractivity contribution is 5.83. The summed E-state index contributed by atoms with van der Waals surface area (Å²) in [6.07, 6.45) is 9.15. The predicted octanol–water partition coefficient (Wildman–Crippen LogP) is 2.28. The number of nitrogens with zero attached hydrogens (tertiary/aromatic N) is 2. The van der Waals surface area contributed by atoms with Gasteiger partial charge in [-0.25, -0.2) is 0 Å².